The van der Waals surface area contributed by atoms with Crippen LogP contribution in [0.1, 0.15) is 56.0 Å². The highest BCUT2D eigenvalue weighted by molar-refractivity contribution is 5.41. The van der Waals surface area contributed by atoms with Gasteiger partial charge >= 0.3 is 0 Å². The minimum absolute atomic E-state index is 0.108. The molecule has 3 fully saturated rings. The topological polar surface area (TPSA) is 38.2 Å². The first-order valence-electron chi connectivity index (χ1n) is 7.99. The van der Waals surface area contributed by atoms with E-state index in [-0.39, 0.29) is 5.60 Å². The SMILES string of the molecule is Cc1cc(N2CCOC3(CCCC3)C2)nc(C2CC2)n1. The summed E-state index contributed by atoms with van der Waals surface area (Å²) in [6.45, 7) is 4.89. The van der Waals surface area contributed by atoms with Gasteiger partial charge in [0.15, 0.2) is 0 Å². The molecule has 4 rings (SSSR count). The summed E-state index contributed by atoms with van der Waals surface area (Å²) in [6.07, 6.45) is 7.56. The van der Waals surface area contributed by atoms with Crippen LogP contribution in [0.25, 0.3) is 0 Å². The summed E-state index contributed by atoms with van der Waals surface area (Å²) in [4.78, 5) is 11.9. The van der Waals surface area contributed by atoms with Crippen LogP contribution in [0.2, 0.25) is 0 Å². The van der Waals surface area contributed by atoms with Gasteiger partial charge in [-0.15, -0.1) is 0 Å². The highest BCUT2D eigenvalue weighted by Gasteiger charge is 2.40. The maximum atomic E-state index is 6.11. The third-order valence-corrected chi connectivity index (χ3v) is 4.89. The van der Waals surface area contributed by atoms with Crippen molar-refractivity contribution in [3.8, 4) is 0 Å². The van der Waals surface area contributed by atoms with Gasteiger partial charge in [0.1, 0.15) is 11.6 Å². The van der Waals surface area contributed by atoms with E-state index in [1.807, 2.05) is 0 Å². The Morgan fingerprint density at radius 3 is 2.80 bits per heavy atom. The van der Waals surface area contributed by atoms with Crippen LogP contribution in [-0.2, 0) is 4.74 Å². The van der Waals surface area contributed by atoms with Crippen LogP contribution in [0.4, 0.5) is 5.82 Å². The van der Waals surface area contributed by atoms with Crippen LogP contribution < -0.4 is 4.90 Å². The first-order chi connectivity index (χ1) is 9.74. The predicted octanol–water partition coefficient (Wildman–Crippen LogP) is 2.81. The summed E-state index contributed by atoms with van der Waals surface area (Å²) in [6, 6.07) is 2.14. The Kier molecular flexibility index (Phi) is 2.95. The van der Waals surface area contributed by atoms with Gasteiger partial charge in [0, 0.05) is 30.8 Å². The second-order valence-corrected chi connectivity index (χ2v) is 6.66. The van der Waals surface area contributed by atoms with E-state index in [4.69, 9.17) is 9.72 Å². The van der Waals surface area contributed by atoms with E-state index in [9.17, 15) is 0 Å². The predicted molar refractivity (Wildman–Crippen MR) is 78.1 cm³/mol. The summed E-state index contributed by atoms with van der Waals surface area (Å²) in [7, 11) is 0. The molecular formula is C16H23N3O. The molecule has 2 aliphatic carbocycles. The van der Waals surface area contributed by atoms with Crippen molar-refractivity contribution in [2.45, 2.75) is 57.0 Å². The fourth-order valence-electron chi connectivity index (χ4n) is 3.62. The maximum absolute atomic E-state index is 6.11. The number of hydrogen-bond donors (Lipinski definition) is 0. The van der Waals surface area contributed by atoms with Gasteiger partial charge in [0.25, 0.3) is 0 Å². The first-order valence-corrected chi connectivity index (χ1v) is 7.99. The molecular weight excluding hydrogens is 250 g/mol. The van der Waals surface area contributed by atoms with E-state index in [1.165, 1.54) is 38.5 Å². The van der Waals surface area contributed by atoms with E-state index in [0.29, 0.717) is 5.92 Å². The maximum Gasteiger partial charge on any atom is 0.134 e. The number of aromatic nitrogens is 2. The van der Waals surface area contributed by atoms with Gasteiger partial charge in [-0.1, -0.05) is 12.8 Å². The van der Waals surface area contributed by atoms with Crippen LogP contribution in [-0.4, -0.2) is 35.3 Å². The second-order valence-electron chi connectivity index (χ2n) is 6.66. The Bertz CT molecular complexity index is 506. The number of aryl methyl sites for hydroxylation is 1. The fraction of sp³-hybridized carbons (Fsp3) is 0.750. The lowest BCUT2D eigenvalue weighted by Gasteiger charge is -2.41. The Balaban J connectivity index is 1.59. The van der Waals surface area contributed by atoms with Crippen molar-refractivity contribution in [1.29, 1.82) is 0 Å². The van der Waals surface area contributed by atoms with Crippen LogP contribution >= 0.6 is 0 Å². The molecule has 0 bridgehead atoms. The average Bonchev–Trinajstić information content (AvgIpc) is 3.21. The third-order valence-electron chi connectivity index (χ3n) is 4.89. The molecule has 1 aliphatic heterocycles. The molecule has 0 N–H and O–H groups in total. The molecule has 0 radical (unpaired) electrons. The largest absolute Gasteiger partial charge is 0.371 e. The summed E-state index contributed by atoms with van der Waals surface area (Å²) in [5, 5.41) is 0. The zero-order valence-electron chi connectivity index (χ0n) is 12.3. The molecule has 108 valence electrons. The lowest BCUT2D eigenvalue weighted by atomic mass is 10.00. The van der Waals surface area contributed by atoms with Gasteiger partial charge < -0.3 is 9.64 Å². The molecule has 4 nitrogen and oxygen atoms in total. The molecule has 1 saturated heterocycles. The zero-order chi connectivity index (χ0) is 13.6. The Morgan fingerprint density at radius 2 is 2.05 bits per heavy atom. The van der Waals surface area contributed by atoms with Gasteiger partial charge in [0.05, 0.1) is 12.2 Å². The Morgan fingerprint density at radius 1 is 1.25 bits per heavy atom. The van der Waals surface area contributed by atoms with Crippen molar-refractivity contribution in [3.05, 3.63) is 17.6 Å². The standard InChI is InChI=1S/C16H23N3O/c1-12-10-14(18-15(17-12)13-4-5-13)19-8-9-20-16(11-19)6-2-3-7-16/h10,13H,2-9,11H2,1H3. The van der Waals surface area contributed by atoms with Gasteiger partial charge in [-0.25, -0.2) is 9.97 Å². The van der Waals surface area contributed by atoms with Crippen LogP contribution in [0.3, 0.4) is 0 Å². The highest BCUT2D eigenvalue weighted by Crippen LogP contribution is 2.40. The molecule has 0 aromatic carbocycles. The van der Waals surface area contributed by atoms with Crippen molar-refractivity contribution in [2.24, 2.45) is 0 Å². The van der Waals surface area contributed by atoms with Gasteiger partial charge in [-0.05, 0) is 32.6 Å². The monoisotopic (exact) mass is 273 g/mol. The Hall–Kier alpha value is -1.16. The number of hydrogen-bond acceptors (Lipinski definition) is 4. The molecule has 4 heteroatoms. The van der Waals surface area contributed by atoms with Crippen molar-refractivity contribution < 1.29 is 4.74 Å². The van der Waals surface area contributed by atoms with E-state index >= 15 is 0 Å². The van der Waals surface area contributed by atoms with Crippen molar-refractivity contribution in [3.63, 3.8) is 0 Å². The Labute approximate surface area is 120 Å². The van der Waals surface area contributed by atoms with E-state index in [1.54, 1.807) is 0 Å². The lowest BCUT2D eigenvalue weighted by Crippen LogP contribution is -2.50. The summed E-state index contributed by atoms with van der Waals surface area (Å²) in [5.41, 5.74) is 1.21. The fourth-order valence-corrected chi connectivity index (χ4v) is 3.62. The molecule has 20 heavy (non-hydrogen) atoms. The summed E-state index contributed by atoms with van der Waals surface area (Å²) >= 11 is 0. The molecule has 1 spiro atoms. The zero-order valence-corrected chi connectivity index (χ0v) is 12.3. The van der Waals surface area contributed by atoms with E-state index < -0.39 is 0 Å². The average molecular weight is 273 g/mol. The summed E-state index contributed by atoms with van der Waals surface area (Å²) < 4.78 is 6.11. The minimum Gasteiger partial charge on any atom is -0.371 e. The van der Waals surface area contributed by atoms with E-state index in [2.05, 4.69) is 22.9 Å². The quantitative estimate of drug-likeness (QED) is 0.830. The highest BCUT2D eigenvalue weighted by atomic mass is 16.5. The third kappa shape index (κ3) is 2.30. The molecule has 0 amide bonds. The molecule has 0 unspecified atom stereocenters. The number of anilines is 1. The molecule has 1 aromatic rings. The van der Waals surface area contributed by atoms with Crippen LogP contribution in [0.15, 0.2) is 6.07 Å². The van der Waals surface area contributed by atoms with Crippen molar-refractivity contribution in [2.75, 3.05) is 24.6 Å². The number of nitrogens with zero attached hydrogens (tertiary/aromatic N) is 3. The smallest absolute Gasteiger partial charge is 0.134 e. The van der Waals surface area contributed by atoms with Gasteiger partial charge in [-0.3, -0.25) is 0 Å². The number of ether oxygens (including phenoxy) is 1. The van der Waals surface area contributed by atoms with E-state index in [0.717, 1.165) is 37.0 Å². The molecule has 1 aromatic heterocycles. The lowest BCUT2D eigenvalue weighted by molar-refractivity contribution is -0.0503. The van der Waals surface area contributed by atoms with Crippen LogP contribution in [0, 0.1) is 6.92 Å². The van der Waals surface area contributed by atoms with Gasteiger partial charge in [-0.2, -0.15) is 0 Å². The summed E-state index contributed by atoms with van der Waals surface area (Å²) in [5.74, 6) is 2.80. The second kappa shape index (κ2) is 4.69. The molecule has 3 aliphatic rings. The first kappa shape index (κ1) is 12.6. The van der Waals surface area contributed by atoms with Crippen LogP contribution in [0.5, 0.6) is 0 Å². The molecule has 2 heterocycles. The number of rotatable bonds is 2. The van der Waals surface area contributed by atoms with Crippen molar-refractivity contribution >= 4 is 5.82 Å². The number of morpholine rings is 1. The molecule has 0 atom stereocenters. The normalized spacial score (nSPS) is 25.4. The van der Waals surface area contributed by atoms with Crippen molar-refractivity contribution in [1.82, 2.24) is 9.97 Å². The molecule has 2 saturated carbocycles. The minimum atomic E-state index is 0.108. The van der Waals surface area contributed by atoms with Gasteiger partial charge in [0.2, 0.25) is 0 Å².